The van der Waals surface area contributed by atoms with Crippen LogP contribution >= 0.6 is 0 Å². The van der Waals surface area contributed by atoms with Crippen molar-refractivity contribution < 1.29 is 4.79 Å². The van der Waals surface area contributed by atoms with E-state index < -0.39 is 0 Å². The summed E-state index contributed by atoms with van der Waals surface area (Å²) in [6.07, 6.45) is 2.45. The van der Waals surface area contributed by atoms with E-state index >= 15 is 0 Å². The van der Waals surface area contributed by atoms with Gasteiger partial charge in [0.25, 0.3) is 0 Å². The molecule has 0 aliphatic rings. The van der Waals surface area contributed by atoms with Crippen molar-refractivity contribution in [2.75, 3.05) is 20.6 Å². The summed E-state index contributed by atoms with van der Waals surface area (Å²) in [5.41, 5.74) is 3.43. The summed E-state index contributed by atoms with van der Waals surface area (Å²) in [4.78, 5) is 14.3. The quantitative estimate of drug-likeness (QED) is 0.888. The van der Waals surface area contributed by atoms with Gasteiger partial charge in [0.05, 0.1) is 12.5 Å². The lowest BCUT2D eigenvalue weighted by Crippen LogP contribution is -2.36. The maximum absolute atomic E-state index is 12.2. The lowest BCUT2D eigenvalue weighted by Gasteiger charge is -2.25. The molecule has 1 aromatic carbocycles. The molecule has 1 atom stereocenters. The van der Waals surface area contributed by atoms with E-state index in [0.29, 0.717) is 13.0 Å². The molecule has 22 heavy (non-hydrogen) atoms. The molecule has 2 aromatic rings. The summed E-state index contributed by atoms with van der Waals surface area (Å²) in [6, 6.07) is 12.4. The Bertz CT molecular complexity index is 631. The Kier molecular flexibility index (Phi) is 5.39. The average Bonchev–Trinajstić information content (AvgIpc) is 2.85. The van der Waals surface area contributed by atoms with Crippen LogP contribution in [0.15, 0.2) is 42.6 Å². The van der Waals surface area contributed by atoms with Gasteiger partial charge in [-0.05, 0) is 38.7 Å². The summed E-state index contributed by atoms with van der Waals surface area (Å²) in [5.74, 6) is 0.0617. The van der Waals surface area contributed by atoms with E-state index in [1.54, 1.807) is 0 Å². The zero-order valence-electron chi connectivity index (χ0n) is 13.8. The van der Waals surface area contributed by atoms with Gasteiger partial charge in [0.2, 0.25) is 5.91 Å². The number of carbonyl (C=O) groups excluding carboxylic acids is 1. The van der Waals surface area contributed by atoms with E-state index in [2.05, 4.69) is 26.9 Å². The Morgan fingerprint density at radius 2 is 2.05 bits per heavy atom. The Hall–Kier alpha value is -2.07. The van der Waals surface area contributed by atoms with Gasteiger partial charge < -0.3 is 9.88 Å². The monoisotopic (exact) mass is 299 g/mol. The minimum atomic E-state index is 0.0617. The van der Waals surface area contributed by atoms with Crippen LogP contribution in [0.25, 0.3) is 0 Å². The molecule has 2 rings (SSSR count). The lowest BCUT2D eigenvalue weighted by molar-refractivity contribution is -0.120. The zero-order valence-corrected chi connectivity index (χ0v) is 13.8. The van der Waals surface area contributed by atoms with Crippen LogP contribution in [-0.4, -0.2) is 36.0 Å². The molecule has 0 saturated heterocycles. The smallest absolute Gasteiger partial charge is 0.224 e. The molecule has 4 nitrogen and oxygen atoms in total. The van der Waals surface area contributed by atoms with E-state index in [1.165, 1.54) is 11.3 Å². The van der Waals surface area contributed by atoms with Crippen molar-refractivity contribution in [1.29, 1.82) is 0 Å². The van der Waals surface area contributed by atoms with Crippen molar-refractivity contribution >= 4 is 5.91 Å². The number of nitrogens with zero attached hydrogens (tertiary/aromatic N) is 2. The molecular weight excluding hydrogens is 274 g/mol. The Morgan fingerprint density at radius 1 is 1.27 bits per heavy atom. The normalized spacial score (nSPS) is 12.4. The van der Waals surface area contributed by atoms with E-state index in [0.717, 1.165) is 5.56 Å². The summed E-state index contributed by atoms with van der Waals surface area (Å²) < 4.78 is 2.09. The molecule has 0 fully saturated rings. The summed E-state index contributed by atoms with van der Waals surface area (Å²) in [5, 5.41) is 3.05. The van der Waals surface area contributed by atoms with Crippen LogP contribution in [0, 0.1) is 6.92 Å². The van der Waals surface area contributed by atoms with Crippen molar-refractivity contribution in [3.63, 3.8) is 0 Å². The standard InChI is InChI=1S/C18H25N3O/c1-14-7-5-8-15(11-14)12-18(22)19-13-17(20(2)3)16-9-6-10-21(16)4/h5-11,17H,12-13H2,1-4H3,(H,19,22). The van der Waals surface area contributed by atoms with Crippen molar-refractivity contribution in [3.05, 3.63) is 59.4 Å². The minimum absolute atomic E-state index is 0.0617. The highest BCUT2D eigenvalue weighted by atomic mass is 16.1. The first-order chi connectivity index (χ1) is 10.5. The first-order valence-electron chi connectivity index (χ1n) is 7.57. The van der Waals surface area contributed by atoms with Gasteiger partial charge in [-0.1, -0.05) is 29.8 Å². The third-order valence-corrected chi connectivity index (χ3v) is 3.89. The third kappa shape index (κ3) is 4.21. The fourth-order valence-corrected chi connectivity index (χ4v) is 2.65. The van der Waals surface area contributed by atoms with Gasteiger partial charge in [-0.25, -0.2) is 0 Å². The molecule has 0 bridgehead atoms. The third-order valence-electron chi connectivity index (χ3n) is 3.89. The van der Waals surface area contributed by atoms with Gasteiger partial charge in [-0.15, -0.1) is 0 Å². The second kappa shape index (κ2) is 7.27. The molecule has 0 aliphatic carbocycles. The number of rotatable bonds is 6. The number of benzene rings is 1. The van der Waals surface area contributed by atoms with Gasteiger partial charge in [0.15, 0.2) is 0 Å². The van der Waals surface area contributed by atoms with E-state index in [4.69, 9.17) is 0 Å². The van der Waals surface area contributed by atoms with Gasteiger partial charge in [0.1, 0.15) is 0 Å². The maximum Gasteiger partial charge on any atom is 0.224 e. The molecule has 1 unspecified atom stereocenters. The number of carbonyl (C=O) groups is 1. The number of aryl methyl sites for hydroxylation is 2. The number of hydrogen-bond acceptors (Lipinski definition) is 2. The van der Waals surface area contributed by atoms with E-state index in [9.17, 15) is 4.79 Å². The molecular formula is C18H25N3O. The van der Waals surface area contributed by atoms with Crippen LogP contribution in [0.2, 0.25) is 0 Å². The summed E-state index contributed by atoms with van der Waals surface area (Å²) in [7, 11) is 6.09. The largest absolute Gasteiger partial charge is 0.354 e. The fourth-order valence-electron chi connectivity index (χ4n) is 2.65. The van der Waals surface area contributed by atoms with Gasteiger partial charge in [-0.3, -0.25) is 9.69 Å². The number of nitrogens with one attached hydrogen (secondary N) is 1. The molecule has 0 aliphatic heterocycles. The molecule has 0 radical (unpaired) electrons. The van der Waals surface area contributed by atoms with Gasteiger partial charge in [0, 0.05) is 25.5 Å². The van der Waals surface area contributed by atoms with Crippen LogP contribution in [0.4, 0.5) is 0 Å². The molecule has 1 aromatic heterocycles. The van der Waals surface area contributed by atoms with Crippen LogP contribution in [0.1, 0.15) is 22.9 Å². The Labute approximate surface area is 132 Å². The number of hydrogen-bond donors (Lipinski definition) is 1. The van der Waals surface area contributed by atoms with Crippen LogP contribution < -0.4 is 5.32 Å². The molecule has 0 spiro atoms. The highest BCUT2D eigenvalue weighted by Gasteiger charge is 2.17. The zero-order chi connectivity index (χ0) is 16.1. The predicted octanol–water partition coefficient (Wildman–Crippen LogP) is 2.30. The van der Waals surface area contributed by atoms with Gasteiger partial charge in [-0.2, -0.15) is 0 Å². The SMILES string of the molecule is Cc1cccc(CC(=O)NCC(c2cccn2C)N(C)C)c1. The second-order valence-corrected chi connectivity index (χ2v) is 5.99. The molecule has 1 amide bonds. The maximum atomic E-state index is 12.2. The lowest BCUT2D eigenvalue weighted by atomic mass is 10.1. The average molecular weight is 299 g/mol. The molecule has 1 heterocycles. The summed E-state index contributed by atoms with van der Waals surface area (Å²) in [6.45, 7) is 2.65. The number of likely N-dealkylation sites (N-methyl/N-ethyl adjacent to an activating group) is 1. The topological polar surface area (TPSA) is 37.3 Å². The fraction of sp³-hybridized carbons (Fsp3) is 0.389. The highest BCUT2D eigenvalue weighted by Crippen LogP contribution is 2.17. The first-order valence-corrected chi connectivity index (χ1v) is 7.57. The molecule has 0 saturated carbocycles. The van der Waals surface area contributed by atoms with Crippen molar-refractivity contribution in [1.82, 2.24) is 14.8 Å². The molecule has 118 valence electrons. The second-order valence-electron chi connectivity index (χ2n) is 5.99. The van der Waals surface area contributed by atoms with E-state index in [-0.39, 0.29) is 11.9 Å². The van der Waals surface area contributed by atoms with Crippen molar-refractivity contribution in [3.8, 4) is 0 Å². The predicted molar refractivity (Wildman–Crippen MR) is 89.7 cm³/mol. The van der Waals surface area contributed by atoms with Crippen molar-refractivity contribution in [2.24, 2.45) is 7.05 Å². The van der Waals surface area contributed by atoms with Crippen LogP contribution in [0.5, 0.6) is 0 Å². The molecule has 1 N–H and O–H groups in total. The summed E-state index contributed by atoms with van der Waals surface area (Å²) >= 11 is 0. The Balaban J connectivity index is 1.95. The van der Waals surface area contributed by atoms with E-state index in [1.807, 2.05) is 58.5 Å². The Morgan fingerprint density at radius 3 is 2.64 bits per heavy atom. The number of amides is 1. The number of aromatic nitrogens is 1. The van der Waals surface area contributed by atoms with Crippen LogP contribution in [-0.2, 0) is 18.3 Å². The first kappa shape index (κ1) is 16.3. The highest BCUT2D eigenvalue weighted by molar-refractivity contribution is 5.78. The minimum Gasteiger partial charge on any atom is -0.354 e. The molecule has 4 heteroatoms. The van der Waals surface area contributed by atoms with Gasteiger partial charge >= 0.3 is 0 Å². The van der Waals surface area contributed by atoms with Crippen LogP contribution in [0.3, 0.4) is 0 Å². The van der Waals surface area contributed by atoms with Crippen molar-refractivity contribution in [2.45, 2.75) is 19.4 Å².